The first kappa shape index (κ1) is 13.6. The molecule has 4 nitrogen and oxygen atoms in total. The van der Waals surface area contributed by atoms with Gasteiger partial charge in [0.05, 0.1) is 11.2 Å². The highest BCUT2D eigenvalue weighted by Gasteiger charge is 2.26. The van der Waals surface area contributed by atoms with Gasteiger partial charge >= 0.3 is 0 Å². The van der Waals surface area contributed by atoms with Crippen LogP contribution in [0.5, 0.6) is 0 Å². The molecule has 0 bridgehead atoms. The first-order valence-corrected chi connectivity index (χ1v) is 7.47. The van der Waals surface area contributed by atoms with E-state index in [1.165, 1.54) is 31.5 Å². The Morgan fingerprint density at radius 2 is 2.00 bits per heavy atom. The van der Waals surface area contributed by atoms with Gasteiger partial charge in [-0.3, -0.25) is 0 Å². The largest absolute Gasteiger partial charge is 0.384 e. The maximum absolute atomic E-state index is 10.4. The van der Waals surface area contributed by atoms with Gasteiger partial charge in [0.2, 0.25) is 0 Å². The first-order chi connectivity index (χ1) is 9.55. The molecule has 2 aromatic heterocycles. The minimum atomic E-state index is -0.896. The van der Waals surface area contributed by atoms with Gasteiger partial charge < -0.3 is 10.0 Å². The average molecular weight is 273 g/mol. The van der Waals surface area contributed by atoms with Crippen molar-refractivity contribution in [3.05, 3.63) is 35.7 Å². The number of rotatable bonds is 4. The quantitative estimate of drug-likeness (QED) is 0.928. The summed E-state index contributed by atoms with van der Waals surface area (Å²) >= 11 is 0. The molecule has 4 heteroatoms. The maximum atomic E-state index is 10.4. The Morgan fingerprint density at radius 3 is 2.70 bits per heavy atom. The number of aliphatic hydroxyl groups is 1. The molecule has 1 aliphatic heterocycles. The van der Waals surface area contributed by atoms with E-state index >= 15 is 0 Å². The van der Waals surface area contributed by atoms with Crippen molar-refractivity contribution in [2.45, 2.75) is 38.7 Å². The molecule has 1 saturated heterocycles. The lowest BCUT2D eigenvalue weighted by Gasteiger charge is -2.18. The molecule has 0 saturated carbocycles. The van der Waals surface area contributed by atoms with E-state index in [1.54, 1.807) is 0 Å². The summed E-state index contributed by atoms with van der Waals surface area (Å²) in [5.41, 5.74) is 2.21. The predicted octanol–water partition coefficient (Wildman–Crippen LogP) is 2.20. The molecule has 0 amide bonds. The number of pyridine rings is 1. The number of aromatic nitrogens is 2. The fraction of sp³-hybridized carbons (Fsp3) is 0.562. The van der Waals surface area contributed by atoms with Gasteiger partial charge in [0, 0.05) is 18.3 Å². The summed E-state index contributed by atoms with van der Waals surface area (Å²) in [5.74, 6) is 0. The van der Waals surface area contributed by atoms with E-state index in [4.69, 9.17) is 0 Å². The van der Waals surface area contributed by atoms with E-state index < -0.39 is 5.60 Å². The van der Waals surface area contributed by atoms with Crippen molar-refractivity contribution in [3.8, 4) is 0 Å². The summed E-state index contributed by atoms with van der Waals surface area (Å²) < 4.78 is 1.88. The Kier molecular flexibility index (Phi) is 3.52. The molecule has 0 spiro atoms. The minimum absolute atomic E-state index is 0.808. The lowest BCUT2D eigenvalue weighted by molar-refractivity contribution is 0.0725. The fourth-order valence-electron chi connectivity index (χ4n) is 3.06. The standard InChI is InChI=1S/C16H23N3O/c1-16(2,20)15-13(8-12-18-9-5-6-10-18)14-7-3-4-11-19(14)17-15/h3-4,7,11,20H,5-6,8-10,12H2,1-2H3. The number of hydrogen-bond acceptors (Lipinski definition) is 3. The average Bonchev–Trinajstić information content (AvgIpc) is 3.03. The lowest BCUT2D eigenvalue weighted by Crippen LogP contribution is -2.24. The van der Waals surface area contributed by atoms with Crippen molar-refractivity contribution >= 4 is 5.52 Å². The van der Waals surface area contributed by atoms with E-state index in [0.29, 0.717) is 0 Å². The molecule has 1 aliphatic rings. The van der Waals surface area contributed by atoms with Crippen LogP contribution >= 0.6 is 0 Å². The number of likely N-dealkylation sites (tertiary alicyclic amines) is 1. The van der Waals surface area contributed by atoms with E-state index in [-0.39, 0.29) is 0 Å². The Balaban J connectivity index is 1.93. The van der Waals surface area contributed by atoms with Crippen LogP contribution in [-0.4, -0.2) is 39.3 Å². The second-order valence-electron chi connectivity index (χ2n) is 6.22. The highest BCUT2D eigenvalue weighted by molar-refractivity contribution is 5.57. The third kappa shape index (κ3) is 2.58. The highest BCUT2D eigenvalue weighted by Crippen LogP contribution is 2.26. The molecular weight excluding hydrogens is 250 g/mol. The predicted molar refractivity (Wildman–Crippen MR) is 79.8 cm³/mol. The van der Waals surface area contributed by atoms with Gasteiger partial charge in [-0.2, -0.15) is 5.10 Å². The summed E-state index contributed by atoms with van der Waals surface area (Å²) in [6.07, 6.45) is 5.52. The van der Waals surface area contributed by atoms with Crippen LogP contribution in [0.2, 0.25) is 0 Å². The molecule has 0 radical (unpaired) electrons. The van der Waals surface area contributed by atoms with Crippen molar-refractivity contribution in [1.82, 2.24) is 14.5 Å². The third-order valence-corrected chi connectivity index (χ3v) is 4.10. The van der Waals surface area contributed by atoms with Gasteiger partial charge in [-0.25, -0.2) is 4.52 Å². The van der Waals surface area contributed by atoms with Gasteiger partial charge in [0.1, 0.15) is 5.60 Å². The van der Waals surface area contributed by atoms with Gasteiger partial charge in [-0.15, -0.1) is 0 Å². The molecule has 1 fully saturated rings. The van der Waals surface area contributed by atoms with Gasteiger partial charge in [0.15, 0.2) is 0 Å². The molecule has 0 unspecified atom stereocenters. The molecule has 0 atom stereocenters. The van der Waals surface area contributed by atoms with Crippen LogP contribution in [0, 0.1) is 0 Å². The smallest absolute Gasteiger partial charge is 0.103 e. The van der Waals surface area contributed by atoms with Crippen molar-refractivity contribution in [3.63, 3.8) is 0 Å². The fourth-order valence-corrected chi connectivity index (χ4v) is 3.06. The van der Waals surface area contributed by atoms with E-state index in [9.17, 15) is 5.11 Å². The minimum Gasteiger partial charge on any atom is -0.384 e. The zero-order chi connectivity index (χ0) is 14.2. The Morgan fingerprint density at radius 1 is 1.25 bits per heavy atom. The molecule has 0 aromatic carbocycles. The van der Waals surface area contributed by atoms with Gasteiger partial charge in [0.25, 0.3) is 0 Å². The van der Waals surface area contributed by atoms with Gasteiger partial charge in [-0.1, -0.05) is 6.07 Å². The summed E-state index contributed by atoms with van der Waals surface area (Å²) in [4.78, 5) is 2.50. The topological polar surface area (TPSA) is 40.8 Å². The molecule has 108 valence electrons. The molecule has 2 aromatic rings. The summed E-state index contributed by atoms with van der Waals surface area (Å²) in [7, 11) is 0. The van der Waals surface area contributed by atoms with Crippen LogP contribution < -0.4 is 0 Å². The van der Waals surface area contributed by atoms with Crippen molar-refractivity contribution in [1.29, 1.82) is 0 Å². The normalized spacial score (nSPS) is 17.1. The summed E-state index contributed by atoms with van der Waals surface area (Å²) in [6.45, 7) is 7.09. The lowest BCUT2D eigenvalue weighted by atomic mass is 9.98. The van der Waals surface area contributed by atoms with Crippen LogP contribution in [-0.2, 0) is 12.0 Å². The zero-order valence-electron chi connectivity index (χ0n) is 12.3. The van der Waals surface area contributed by atoms with Crippen LogP contribution in [0.25, 0.3) is 5.52 Å². The summed E-state index contributed by atoms with van der Waals surface area (Å²) in [6, 6.07) is 6.09. The maximum Gasteiger partial charge on any atom is 0.103 e. The number of fused-ring (bicyclic) bond motifs is 1. The monoisotopic (exact) mass is 273 g/mol. The van der Waals surface area contributed by atoms with E-state index in [1.807, 2.05) is 36.7 Å². The molecular formula is C16H23N3O. The Labute approximate surface area is 120 Å². The van der Waals surface area contributed by atoms with Gasteiger partial charge in [-0.05, 0) is 58.3 Å². The SMILES string of the molecule is CC(C)(O)c1nn2ccccc2c1CCN1CCCC1. The van der Waals surface area contributed by atoms with Crippen molar-refractivity contribution in [2.24, 2.45) is 0 Å². The van der Waals surface area contributed by atoms with E-state index in [0.717, 1.165) is 24.2 Å². The summed E-state index contributed by atoms with van der Waals surface area (Å²) in [5, 5.41) is 15.0. The number of hydrogen-bond donors (Lipinski definition) is 1. The highest BCUT2D eigenvalue weighted by atomic mass is 16.3. The Hall–Kier alpha value is -1.39. The van der Waals surface area contributed by atoms with Crippen molar-refractivity contribution < 1.29 is 5.11 Å². The zero-order valence-corrected chi connectivity index (χ0v) is 12.3. The molecule has 20 heavy (non-hydrogen) atoms. The number of nitrogens with zero attached hydrogens (tertiary/aromatic N) is 3. The van der Waals surface area contributed by atoms with Crippen molar-refractivity contribution in [2.75, 3.05) is 19.6 Å². The van der Waals surface area contributed by atoms with Crippen LogP contribution in [0.4, 0.5) is 0 Å². The van der Waals surface area contributed by atoms with Crippen LogP contribution in [0.1, 0.15) is 37.9 Å². The Bertz CT molecular complexity index is 591. The van der Waals surface area contributed by atoms with E-state index in [2.05, 4.69) is 16.1 Å². The second-order valence-corrected chi connectivity index (χ2v) is 6.22. The second kappa shape index (κ2) is 5.19. The molecule has 0 aliphatic carbocycles. The molecule has 1 N–H and O–H groups in total. The molecule has 3 heterocycles. The van der Waals surface area contributed by atoms with Crippen LogP contribution in [0.3, 0.4) is 0 Å². The first-order valence-electron chi connectivity index (χ1n) is 7.47. The molecule has 3 rings (SSSR count). The third-order valence-electron chi connectivity index (χ3n) is 4.10. The van der Waals surface area contributed by atoms with Crippen LogP contribution in [0.15, 0.2) is 24.4 Å².